The molecule has 8 nitrogen and oxygen atoms in total. The number of hydrogen-bond acceptors (Lipinski definition) is 6. The molecule has 3 aromatic rings. The van der Waals surface area contributed by atoms with E-state index >= 15 is 0 Å². The van der Waals surface area contributed by atoms with Crippen LogP contribution in [0.3, 0.4) is 0 Å². The Bertz CT molecular complexity index is 1210. The third kappa shape index (κ3) is 5.53. The highest BCUT2D eigenvalue weighted by atomic mass is 32.2. The molecule has 0 radical (unpaired) electrons. The fourth-order valence-electron chi connectivity index (χ4n) is 3.08. The number of nitrogens with zero attached hydrogens (tertiary/aromatic N) is 1. The van der Waals surface area contributed by atoms with Crippen molar-refractivity contribution in [1.82, 2.24) is 0 Å². The Hall–Kier alpha value is -3.79. The predicted molar refractivity (Wildman–Crippen MR) is 122 cm³/mol. The van der Waals surface area contributed by atoms with Gasteiger partial charge >= 0.3 is 0 Å². The van der Waals surface area contributed by atoms with E-state index in [0.29, 0.717) is 17.2 Å². The van der Waals surface area contributed by atoms with Crippen molar-refractivity contribution in [3.63, 3.8) is 0 Å². The first-order valence-electron chi connectivity index (χ1n) is 9.72. The number of nitrogens with one attached hydrogen (secondary N) is 1. The predicted octanol–water partition coefficient (Wildman–Crippen LogP) is 3.69. The van der Waals surface area contributed by atoms with Crippen molar-refractivity contribution in [2.45, 2.75) is 4.90 Å². The van der Waals surface area contributed by atoms with Gasteiger partial charge in [-0.15, -0.1) is 0 Å². The molecule has 0 atom stereocenters. The zero-order chi connectivity index (χ0) is 24.0. The highest BCUT2D eigenvalue weighted by Crippen LogP contribution is 2.32. The van der Waals surface area contributed by atoms with Crippen LogP contribution in [0.15, 0.2) is 71.6 Å². The van der Waals surface area contributed by atoms with Crippen LogP contribution in [0, 0.1) is 5.82 Å². The van der Waals surface area contributed by atoms with Gasteiger partial charge in [-0.3, -0.25) is 9.10 Å². The van der Waals surface area contributed by atoms with Crippen LogP contribution in [0.1, 0.15) is 0 Å². The molecule has 0 saturated heterocycles. The first kappa shape index (κ1) is 23.9. The van der Waals surface area contributed by atoms with E-state index in [0.717, 1.165) is 28.6 Å². The van der Waals surface area contributed by atoms with Crippen molar-refractivity contribution in [1.29, 1.82) is 0 Å². The average Bonchev–Trinajstić information content (AvgIpc) is 2.82. The summed E-state index contributed by atoms with van der Waals surface area (Å²) in [7, 11) is 0.0955. The first-order chi connectivity index (χ1) is 15.8. The molecule has 0 bridgehead atoms. The maximum atomic E-state index is 13.4. The van der Waals surface area contributed by atoms with Gasteiger partial charge < -0.3 is 19.5 Å². The molecule has 0 saturated carbocycles. The van der Waals surface area contributed by atoms with Gasteiger partial charge in [-0.1, -0.05) is 12.1 Å². The summed E-state index contributed by atoms with van der Waals surface area (Å²) in [6.45, 7) is -0.570. The van der Waals surface area contributed by atoms with Crippen LogP contribution >= 0.6 is 0 Å². The fraction of sp³-hybridized carbons (Fsp3) is 0.174. The maximum absolute atomic E-state index is 13.4. The quantitative estimate of drug-likeness (QED) is 0.509. The number of benzene rings is 3. The lowest BCUT2D eigenvalue weighted by atomic mass is 10.2. The smallest absolute Gasteiger partial charge is 0.264 e. The molecule has 0 aliphatic rings. The monoisotopic (exact) mass is 474 g/mol. The Morgan fingerprint density at radius 1 is 0.909 bits per heavy atom. The number of carbonyl (C=O) groups is 1. The Labute approximate surface area is 191 Å². The van der Waals surface area contributed by atoms with Crippen LogP contribution in [0.25, 0.3) is 0 Å². The molecule has 10 heteroatoms. The topological polar surface area (TPSA) is 94.2 Å². The summed E-state index contributed by atoms with van der Waals surface area (Å²) in [5.74, 6) is -0.0567. The number of para-hydroxylation sites is 2. The van der Waals surface area contributed by atoms with Crippen molar-refractivity contribution in [2.24, 2.45) is 0 Å². The van der Waals surface area contributed by atoms with Crippen LogP contribution in [0.4, 0.5) is 15.8 Å². The normalized spacial score (nSPS) is 10.9. The minimum Gasteiger partial charge on any atom is -0.497 e. The number of carbonyl (C=O) groups excluding carboxylic acids is 1. The molecular weight excluding hydrogens is 451 g/mol. The van der Waals surface area contributed by atoms with E-state index in [2.05, 4.69) is 5.32 Å². The highest BCUT2D eigenvalue weighted by Gasteiger charge is 2.29. The van der Waals surface area contributed by atoms with Crippen molar-refractivity contribution in [2.75, 3.05) is 37.5 Å². The Morgan fingerprint density at radius 2 is 1.52 bits per heavy atom. The SMILES string of the molecule is COc1cc(NC(=O)CN(c2ccccc2OC)S(=O)(=O)c2ccc(F)cc2)cc(OC)c1. The number of anilines is 2. The minimum atomic E-state index is -4.24. The van der Waals surface area contributed by atoms with E-state index in [1.54, 1.807) is 36.4 Å². The number of ether oxygens (including phenoxy) is 3. The molecule has 0 heterocycles. The number of sulfonamides is 1. The molecule has 0 aliphatic carbocycles. The summed E-state index contributed by atoms with van der Waals surface area (Å²) in [6.07, 6.45) is 0. The van der Waals surface area contributed by atoms with Gasteiger partial charge in [0, 0.05) is 23.9 Å². The lowest BCUT2D eigenvalue weighted by molar-refractivity contribution is -0.114. The second-order valence-corrected chi connectivity index (χ2v) is 8.65. The van der Waals surface area contributed by atoms with Crippen LogP contribution in [-0.2, 0) is 14.8 Å². The standard InChI is InChI=1S/C23H23FN2O6S/c1-30-18-12-17(13-19(14-18)31-2)25-23(27)15-26(21-6-4-5-7-22(21)32-3)33(28,29)20-10-8-16(24)9-11-20/h4-14H,15H2,1-3H3,(H,25,27). The summed E-state index contributed by atoms with van der Waals surface area (Å²) in [5.41, 5.74) is 0.512. The lowest BCUT2D eigenvalue weighted by Gasteiger charge is -2.25. The molecule has 33 heavy (non-hydrogen) atoms. The molecule has 0 aromatic heterocycles. The third-order valence-electron chi connectivity index (χ3n) is 4.68. The van der Waals surface area contributed by atoms with Crippen LogP contribution in [-0.4, -0.2) is 42.2 Å². The van der Waals surface area contributed by atoms with Crippen molar-refractivity contribution < 1.29 is 31.8 Å². The average molecular weight is 475 g/mol. The molecule has 0 spiro atoms. The van der Waals surface area contributed by atoms with Gasteiger partial charge in [0.1, 0.15) is 29.6 Å². The molecule has 174 valence electrons. The second-order valence-electron chi connectivity index (χ2n) is 6.79. The molecule has 0 fully saturated rings. The number of amides is 1. The molecule has 0 unspecified atom stereocenters. The number of methoxy groups -OCH3 is 3. The molecule has 3 aromatic carbocycles. The molecular formula is C23H23FN2O6S. The highest BCUT2D eigenvalue weighted by molar-refractivity contribution is 7.92. The Kier molecular flexibility index (Phi) is 7.39. The summed E-state index contributed by atoms with van der Waals surface area (Å²) >= 11 is 0. The van der Waals surface area contributed by atoms with E-state index < -0.39 is 28.3 Å². The summed E-state index contributed by atoms with van der Waals surface area (Å²) in [6, 6.07) is 15.5. The van der Waals surface area contributed by atoms with Gasteiger partial charge in [-0.25, -0.2) is 12.8 Å². The lowest BCUT2D eigenvalue weighted by Crippen LogP contribution is -2.38. The number of rotatable bonds is 9. The van der Waals surface area contributed by atoms with Gasteiger partial charge in [0.2, 0.25) is 5.91 Å². The molecule has 1 amide bonds. The van der Waals surface area contributed by atoms with E-state index in [-0.39, 0.29) is 16.3 Å². The van der Waals surface area contributed by atoms with Gasteiger partial charge in [-0.05, 0) is 36.4 Å². The number of hydrogen-bond donors (Lipinski definition) is 1. The maximum Gasteiger partial charge on any atom is 0.264 e. The van der Waals surface area contributed by atoms with Crippen LogP contribution in [0.5, 0.6) is 17.2 Å². The first-order valence-corrected chi connectivity index (χ1v) is 11.2. The second kappa shape index (κ2) is 10.2. The molecule has 3 rings (SSSR count). The van der Waals surface area contributed by atoms with E-state index in [4.69, 9.17) is 14.2 Å². The van der Waals surface area contributed by atoms with Crippen molar-refractivity contribution in [3.05, 3.63) is 72.5 Å². The van der Waals surface area contributed by atoms with E-state index in [1.165, 1.54) is 27.4 Å². The van der Waals surface area contributed by atoms with E-state index in [9.17, 15) is 17.6 Å². The van der Waals surface area contributed by atoms with Gasteiger partial charge in [0.15, 0.2) is 0 Å². The summed E-state index contributed by atoms with van der Waals surface area (Å²) in [5, 5.41) is 2.66. The largest absolute Gasteiger partial charge is 0.497 e. The fourth-order valence-corrected chi connectivity index (χ4v) is 4.51. The summed E-state index contributed by atoms with van der Waals surface area (Å²) < 4.78 is 56.8. The molecule has 1 N–H and O–H groups in total. The van der Waals surface area contributed by atoms with Gasteiger partial charge in [0.05, 0.1) is 31.9 Å². The zero-order valence-electron chi connectivity index (χ0n) is 18.2. The zero-order valence-corrected chi connectivity index (χ0v) is 19.1. The van der Waals surface area contributed by atoms with Crippen LogP contribution < -0.4 is 23.8 Å². The third-order valence-corrected chi connectivity index (χ3v) is 6.45. The van der Waals surface area contributed by atoms with Crippen molar-refractivity contribution >= 4 is 27.3 Å². The molecule has 0 aliphatic heterocycles. The van der Waals surface area contributed by atoms with Gasteiger partial charge in [-0.2, -0.15) is 0 Å². The minimum absolute atomic E-state index is 0.155. The Morgan fingerprint density at radius 3 is 2.09 bits per heavy atom. The van der Waals surface area contributed by atoms with Crippen molar-refractivity contribution in [3.8, 4) is 17.2 Å². The van der Waals surface area contributed by atoms with Crippen LogP contribution in [0.2, 0.25) is 0 Å². The Balaban J connectivity index is 1.98. The summed E-state index contributed by atoms with van der Waals surface area (Å²) in [4.78, 5) is 12.8. The number of halogens is 1. The van der Waals surface area contributed by atoms with E-state index in [1.807, 2.05) is 0 Å². The van der Waals surface area contributed by atoms with Gasteiger partial charge in [0.25, 0.3) is 10.0 Å².